The maximum Gasteiger partial charge on any atom is 0.242 e. The van der Waals surface area contributed by atoms with Crippen LogP contribution in [-0.2, 0) is 21.9 Å². The third-order valence-corrected chi connectivity index (χ3v) is 6.11. The van der Waals surface area contributed by atoms with Crippen LogP contribution in [0.2, 0.25) is 0 Å². The Morgan fingerprint density at radius 1 is 1.06 bits per heavy atom. The summed E-state index contributed by atoms with van der Waals surface area (Å²) in [6.07, 6.45) is 1.94. The number of hydrogen-bond acceptors (Lipinski definition) is 4. The molecule has 2 rings (SSSR count). The van der Waals surface area contributed by atoms with E-state index < -0.39 is 6.04 Å². The fraction of sp³-hybridized carbons (Fsp3) is 0.440. The second-order valence-corrected chi connectivity index (χ2v) is 8.65. The molecule has 0 aliphatic carbocycles. The summed E-state index contributed by atoms with van der Waals surface area (Å²) in [6.45, 7) is 6.96. The first-order chi connectivity index (χ1) is 14.9. The number of carbonyl (C=O) groups is 2. The molecule has 2 aromatic carbocycles. The molecule has 168 valence electrons. The number of aryl methyl sites for hydroxylation is 1. The highest BCUT2D eigenvalue weighted by Gasteiger charge is 2.25. The van der Waals surface area contributed by atoms with Crippen molar-refractivity contribution in [3.8, 4) is 5.75 Å². The third-order valence-electron chi connectivity index (χ3n) is 5.12. The van der Waals surface area contributed by atoms with E-state index in [1.54, 1.807) is 30.7 Å². The zero-order chi connectivity index (χ0) is 22.6. The Balaban J connectivity index is 2.03. The lowest BCUT2D eigenvalue weighted by molar-refractivity contribution is -0.138. The first kappa shape index (κ1) is 24.8. The van der Waals surface area contributed by atoms with Crippen molar-refractivity contribution in [3.05, 3.63) is 65.2 Å². The largest absolute Gasteiger partial charge is 0.497 e. The Morgan fingerprint density at radius 2 is 1.71 bits per heavy atom. The summed E-state index contributed by atoms with van der Waals surface area (Å²) >= 11 is 1.57. The van der Waals surface area contributed by atoms with Gasteiger partial charge in [-0.05, 0) is 43.5 Å². The average molecular weight is 443 g/mol. The van der Waals surface area contributed by atoms with E-state index >= 15 is 0 Å². The maximum absolute atomic E-state index is 13.1. The van der Waals surface area contributed by atoms with Crippen LogP contribution in [0.4, 0.5) is 0 Å². The monoisotopic (exact) mass is 442 g/mol. The fourth-order valence-corrected chi connectivity index (χ4v) is 3.94. The van der Waals surface area contributed by atoms with Gasteiger partial charge in [0.1, 0.15) is 11.8 Å². The molecule has 0 unspecified atom stereocenters. The van der Waals surface area contributed by atoms with Crippen LogP contribution in [0.15, 0.2) is 48.5 Å². The summed E-state index contributed by atoms with van der Waals surface area (Å²) in [6, 6.07) is 15.4. The van der Waals surface area contributed by atoms with Gasteiger partial charge in [-0.3, -0.25) is 9.59 Å². The third kappa shape index (κ3) is 8.29. The zero-order valence-electron chi connectivity index (χ0n) is 19.0. The first-order valence-corrected chi connectivity index (χ1v) is 11.9. The molecule has 0 spiro atoms. The number of benzene rings is 2. The summed E-state index contributed by atoms with van der Waals surface area (Å²) in [5.41, 5.74) is 3.37. The van der Waals surface area contributed by atoms with Crippen molar-refractivity contribution in [2.24, 2.45) is 0 Å². The van der Waals surface area contributed by atoms with E-state index in [0.717, 1.165) is 29.9 Å². The average Bonchev–Trinajstić information content (AvgIpc) is 2.78. The van der Waals surface area contributed by atoms with E-state index in [1.807, 2.05) is 24.3 Å². The standard InChI is InChI=1S/C25H34N2O3S/c1-5-6-15-26-25(29)20(3)27(16-21-11-13-23(30-4)14-12-21)24(28)18-31-17-22-9-7-19(2)8-10-22/h7-14,20H,5-6,15-18H2,1-4H3,(H,26,29)/t20-/m1/s1. The summed E-state index contributed by atoms with van der Waals surface area (Å²) in [7, 11) is 1.62. The lowest BCUT2D eigenvalue weighted by Crippen LogP contribution is -2.48. The molecule has 1 N–H and O–H groups in total. The summed E-state index contributed by atoms with van der Waals surface area (Å²) in [5, 5.41) is 2.95. The molecule has 0 radical (unpaired) electrons. The molecule has 0 heterocycles. The van der Waals surface area contributed by atoms with Gasteiger partial charge in [0.25, 0.3) is 0 Å². The van der Waals surface area contributed by atoms with Gasteiger partial charge in [0.15, 0.2) is 0 Å². The van der Waals surface area contributed by atoms with Crippen molar-refractivity contribution in [1.82, 2.24) is 10.2 Å². The summed E-state index contributed by atoms with van der Waals surface area (Å²) in [5.74, 6) is 1.71. The van der Waals surface area contributed by atoms with Gasteiger partial charge in [-0.1, -0.05) is 55.3 Å². The lowest BCUT2D eigenvalue weighted by atomic mass is 10.1. The number of methoxy groups -OCH3 is 1. The van der Waals surface area contributed by atoms with Crippen molar-refractivity contribution in [3.63, 3.8) is 0 Å². The van der Waals surface area contributed by atoms with Gasteiger partial charge in [-0.25, -0.2) is 0 Å². The minimum Gasteiger partial charge on any atom is -0.497 e. The maximum atomic E-state index is 13.1. The molecular formula is C25H34N2O3S. The molecule has 0 fully saturated rings. The minimum atomic E-state index is -0.536. The normalized spacial score (nSPS) is 11.6. The van der Waals surface area contributed by atoms with Crippen LogP contribution in [0.3, 0.4) is 0 Å². The molecule has 2 aromatic rings. The molecule has 0 saturated carbocycles. The lowest BCUT2D eigenvalue weighted by Gasteiger charge is -2.29. The predicted octanol–water partition coefficient (Wildman–Crippen LogP) is 4.57. The molecule has 2 amide bonds. The number of carbonyl (C=O) groups excluding carboxylic acids is 2. The molecule has 1 atom stereocenters. The Bertz CT molecular complexity index is 822. The van der Waals surface area contributed by atoms with Gasteiger partial charge in [0, 0.05) is 18.8 Å². The quantitative estimate of drug-likeness (QED) is 0.489. The van der Waals surface area contributed by atoms with Crippen LogP contribution < -0.4 is 10.1 Å². The second-order valence-electron chi connectivity index (χ2n) is 7.67. The predicted molar refractivity (Wildman–Crippen MR) is 128 cm³/mol. The van der Waals surface area contributed by atoms with Gasteiger partial charge in [-0.15, -0.1) is 11.8 Å². The number of ether oxygens (including phenoxy) is 1. The number of rotatable bonds is 12. The van der Waals surface area contributed by atoms with E-state index in [9.17, 15) is 9.59 Å². The molecular weight excluding hydrogens is 408 g/mol. The zero-order valence-corrected chi connectivity index (χ0v) is 19.8. The number of unbranched alkanes of at least 4 members (excludes halogenated alkanes) is 1. The number of hydrogen-bond donors (Lipinski definition) is 1. The highest BCUT2D eigenvalue weighted by Crippen LogP contribution is 2.18. The molecule has 5 nitrogen and oxygen atoms in total. The summed E-state index contributed by atoms with van der Waals surface area (Å²) < 4.78 is 5.22. The van der Waals surface area contributed by atoms with Crippen molar-refractivity contribution in [2.75, 3.05) is 19.4 Å². The van der Waals surface area contributed by atoms with E-state index in [-0.39, 0.29) is 11.8 Å². The highest BCUT2D eigenvalue weighted by molar-refractivity contribution is 7.99. The molecule has 0 bridgehead atoms. The van der Waals surface area contributed by atoms with E-state index in [4.69, 9.17) is 4.74 Å². The number of thioether (sulfide) groups is 1. The highest BCUT2D eigenvalue weighted by atomic mass is 32.2. The van der Waals surface area contributed by atoms with Crippen molar-refractivity contribution in [1.29, 1.82) is 0 Å². The van der Waals surface area contributed by atoms with Crippen LogP contribution >= 0.6 is 11.8 Å². The molecule has 0 aliphatic heterocycles. The van der Waals surface area contributed by atoms with Gasteiger partial charge < -0.3 is 15.0 Å². The second kappa shape index (κ2) is 13.1. The van der Waals surface area contributed by atoms with Crippen LogP contribution in [0, 0.1) is 6.92 Å². The van der Waals surface area contributed by atoms with Crippen molar-refractivity contribution in [2.45, 2.75) is 52.0 Å². The van der Waals surface area contributed by atoms with Crippen LogP contribution in [0.25, 0.3) is 0 Å². The molecule has 0 aromatic heterocycles. The van der Waals surface area contributed by atoms with Crippen LogP contribution in [0.1, 0.15) is 43.4 Å². The Hall–Kier alpha value is -2.47. The number of amides is 2. The fourth-order valence-electron chi connectivity index (χ4n) is 3.07. The Labute approximate surface area is 190 Å². The molecule has 31 heavy (non-hydrogen) atoms. The first-order valence-electron chi connectivity index (χ1n) is 10.8. The molecule has 0 saturated heterocycles. The number of nitrogens with zero attached hydrogens (tertiary/aromatic N) is 1. The van der Waals surface area contributed by atoms with Gasteiger partial charge in [-0.2, -0.15) is 0 Å². The van der Waals surface area contributed by atoms with Crippen molar-refractivity contribution < 1.29 is 14.3 Å². The van der Waals surface area contributed by atoms with Crippen LogP contribution in [0.5, 0.6) is 5.75 Å². The SMILES string of the molecule is CCCCNC(=O)[C@@H](C)N(Cc1ccc(OC)cc1)C(=O)CSCc1ccc(C)cc1. The Kier molecular flexibility index (Phi) is 10.4. The van der Waals surface area contributed by atoms with E-state index in [2.05, 4.69) is 43.4 Å². The minimum absolute atomic E-state index is 0.0360. The van der Waals surface area contributed by atoms with Crippen molar-refractivity contribution >= 4 is 23.6 Å². The molecule has 6 heteroatoms. The topological polar surface area (TPSA) is 58.6 Å². The van der Waals surface area contributed by atoms with E-state index in [0.29, 0.717) is 18.8 Å². The van der Waals surface area contributed by atoms with Gasteiger partial charge >= 0.3 is 0 Å². The van der Waals surface area contributed by atoms with Crippen LogP contribution in [-0.4, -0.2) is 42.2 Å². The smallest absolute Gasteiger partial charge is 0.242 e. The summed E-state index contributed by atoms with van der Waals surface area (Å²) in [4.78, 5) is 27.4. The van der Waals surface area contributed by atoms with Gasteiger partial charge in [0.05, 0.1) is 12.9 Å². The number of nitrogens with one attached hydrogen (secondary N) is 1. The molecule has 0 aliphatic rings. The Morgan fingerprint density at radius 3 is 2.32 bits per heavy atom. The van der Waals surface area contributed by atoms with E-state index in [1.165, 1.54) is 11.1 Å². The van der Waals surface area contributed by atoms with Gasteiger partial charge in [0.2, 0.25) is 11.8 Å².